The Morgan fingerprint density at radius 2 is 2.17 bits per heavy atom. The molecule has 96 valence electrons. The fourth-order valence-corrected chi connectivity index (χ4v) is 2.63. The summed E-state index contributed by atoms with van der Waals surface area (Å²) in [5.74, 6) is 0.367. The smallest absolute Gasteiger partial charge is 0.272 e. The number of rotatable bonds is 3. The molecular weight excluding hydrogens is 230 g/mol. The minimum absolute atomic E-state index is 0.0551. The van der Waals surface area contributed by atoms with E-state index in [1.807, 2.05) is 6.07 Å². The molecule has 1 aliphatic rings. The van der Waals surface area contributed by atoms with E-state index >= 15 is 0 Å². The molecule has 0 bridgehead atoms. The van der Waals surface area contributed by atoms with Crippen LogP contribution in [0.1, 0.15) is 36.8 Å². The summed E-state index contributed by atoms with van der Waals surface area (Å²) in [6.45, 7) is 1.76. The highest BCUT2D eigenvalue weighted by atomic mass is 16.6. The third-order valence-corrected chi connectivity index (χ3v) is 3.76. The quantitative estimate of drug-likeness (QED) is 0.608. The second kappa shape index (κ2) is 5.29. The number of nitro benzene ring substituents is 1. The molecule has 4 nitrogen and oxygen atoms in total. The number of hydrogen-bond acceptors (Lipinski definition) is 3. The van der Waals surface area contributed by atoms with Gasteiger partial charge in [0.15, 0.2) is 0 Å². The summed E-state index contributed by atoms with van der Waals surface area (Å²) in [7, 11) is 0. The molecule has 18 heavy (non-hydrogen) atoms. The first-order valence-electron chi connectivity index (χ1n) is 6.35. The van der Waals surface area contributed by atoms with Gasteiger partial charge in [0, 0.05) is 24.0 Å². The Morgan fingerprint density at radius 3 is 2.83 bits per heavy atom. The number of ketones is 1. The summed E-state index contributed by atoms with van der Waals surface area (Å²) in [5.41, 5.74) is 1.78. The first-order chi connectivity index (χ1) is 8.59. The van der Waals surface area contributed by atoms with Gasteiger partial charge in [-0.25, -0.2) is 0 Å². The maximum Gasteiger partial charge on any atom is 0.272 e. The molecule has 2 rings (SSSR count). The Balaban J connectivity index is 2.21. The van der Waals surface area contributed by atoms with Crippen LogP contribution in [0.2, 0.25) is 0 Å². The van der Waals surface area contributed by atoms with E-state index in [4.69, 9.17) is 0 Å². The van der Waals surface area contributed by atoms with E-state index in [2.05, 4.69) is 0 Å². The highest BCUT2D eigenvalue weighted by Crippen LogP contribution is 2.28. The van der Waals surface area contributed by atoms with Gasteiger partial charge in [0.2, 0.25) is 0 Å². The van der Waals surface area contributed by atoms with Gasteiger partial charge in [-0.3, -0.25) is 14.9 Å². The zero-order valence-corrected chi connectivity index (χ0v) is 10.5. The van der Waals surface area contributed by atoms with Crippen molar-refractivity contribution in [3.8, 4) is 0 Å². The van der Waals surface area contributed by atoms with Crippen molar-refractivity contribution in [1.82, 2.24) is 0 Å². The van der Waals surface area contributed by atoms with E-state index in [1.165, 1.54) is 6.07 Å². The van der Waals surface area contributed by atoms with Crippen LogP contribution >= 0.6 is 0 Å². The van der Waals surface area contributed by atoms with E-state index in [1.54, 1.807) is 13.0 Å². The Bertz CT molecular complexity index is 482. The first kappa shape index (κ1) is 12.7. The number of nitro groups is 1. The predicted molar refractivity (Wildman–Crippen MR) is 68.5 cm³/mol. The van der Waals surface area contributed by atoms with Gasteiger partial charge < -0.3 is 0 Å². The van der Waals surface area contributed by atoms with Crippen LogP contribution < -0.4 is 0 Å². The molecule has 0 radical (unpaired) electrons. The van der Waals surface area contributed by atoms with Crippen LogP contribution in [-0.4, -0.2) is 10.7 Å². The van der Waals surface area contributed by atoms with Gasteiger partial charge in [-0.05, 0) is 31.7 Å². The number of carbonyl (C=O) groups excluding carboxylic acids is 1. The minimum atomic E-state index is -0.360. The summed E-state index contributed by atoms with van der Waals surface area (Å²) in [6, 6.07) is 5.11. The molecule has 0 N–H and O–H groups in total. The lowest BCUT2D eigenvalue weighted by Gasteiger charge is -2.21. The maximum atomic E-state index is 11.8. The summed E-state index contributed by atoms with van der Waals surface area (Å²) in [6.07, 6.45) is 4.31. The predicted octanol–water partition coefficient (Wildman–Crippen LogP) is 3.21. The van der Waals surface area contributed by atoms with Crippen molar-refractivity contribution in [2.45, 2.75) is 39.0 Å². The monoisotopic (exact) mass is 247 g/mol. The van der Waals surface area contributed by atoms with E-state index in [9.17, 15) is 14.9 Å². The highest BCUT2D eigenvalue weighted by Gasteiger charge is 2.24. The molecule has 0 aromatic heterocycles. The van der Waals surface area contributed by atoms with Crippen LogP contribution in [-0.2, 0) is 11.2 Å². The lowest BCUT2D eigenvalue weighted by atomic mass is 9.83. The van der Waals surface area contributed by atoms with Gasteiger partial charge in [-0.1, -0.05) is 18.6 Å². The number of benzene rings is 1. The van der Waals surface area contributed by atoms with Gasteiger partial charge in [0.25, 0.3) is 5.69 Å². The van der Waals surface area contributed by atoms with E-state index < -0.39 is 0 Å². The van der Waals surface area contributed by atoms with Crippen LogP contribution in [0.3, 0.4) is 0 Å². The van der Waals surface area contributed by atoms with E-state index in [0.29, 0.717) is 24.2 Å². The molecule has 1 aromatic carbocycles. The second-order valence-electron chi connectivity index (χ2n) is 4.93. The van der Waals surface area contributed by atoms with Crippen molar-refractivity contribution in [2.75, 3.05) is 0 Å². The third-order valence-electron chi connectivity index (χ3n) is 3.76. The molecule has 1 aliphatic carbocycles. The van der Waals surface area contributed by atoms with E-state index in [0.717, 1.165) is 24.8 Å². The van der Waals surface area contributed by atoms with Crippen molar-refractivity contribution in [1.29, 1.82) is 0 Å². The minimum Gasteiger partial charge on any atom is -0.299 e. The summed E-state index contributed by atoms with van der Waals surface area (Å²) >= 11 is 0. The summed E-state index contributed by atoms with van der Waals surface area (Å²) < 4.78 is 0. The van der Waals surface area contributed by atoms with Gasteiger partial charge in [0.05, 0.1) is 4.92 Å². The van der Waals surface area contributed by atoms with Gasteiger partial charge >= 0.3 is 0 Å². The average Bonchev–Trinajstić information content (AvgIpc) is 2.34. The Labute approximate surface area is 106 Å². The molecule has 0 spiro atoms. The molecule has 0 heterocycles. The molecule has 1 aromatic rings. The normalized spacial score (nSPS) is 19.8. The van der Waals surface area contributed by atoms with Crippen molar-refractivity contribution < 1.29 is 9.72 Å². The standard InChI is InChI=1S/C14H17NO3/c1-10-11(6-4-7-13(10)15(17)18)9-12-5-2-3-8-14(12)16/h4,6-7,12H,2-3,5,8-9H2,1H3. The molecule has 4 heteroatoms. The zero-order chi connectivity index (χ0) is 13.1. The SMILES string of the molecule is Cc1c(CC2CCCCC2=O)cccc1[N+](=O)[O-]. The topological polar surface area (TPSA) is 60.2 Å². The van der Waals surface area contributed by atoms with Crippen LogP contribution in [0.15, 0.2) is 18.2 Å². The van der Waals surface area contributed by atoms with Crippen molar-refractivity contribution in [3.63, 3.8) is 0 Å². The zero-order valence-electron chi connectivity index (χ0n) is 10.5. The van der Waals surface area contributed by atoms with Gasteiger partial charge in [-0.2, -0.15) is 0 Å². The Morgan fingerprint density at radius 1 is 1.39 bits per heavy atom. The average molecular weight is 247 g/mol. The van der Waals surface area contributed by atoms with Gasteiger partial charge in [0.1, 0.15) is 5.78 Å². The highest BCUT2D eigenvalue weighted by molar-refractivity contribution is 5.82. The van der Waals surface area contributed by atoms with Crippen LogP contribution in [0.4, 0.5) is 5.69 Å². The van der Waals surface area contributed by atoms with Crippen LogP contribution in [0.5, 0.6) is 0 Å². The van der Waals surface area contributed by atoms with Crippen molar-refractivity contribution in [2.24, 2.45) is 5.92 Å². The Kier molecular flexibility index (Phi) is 3.75. The summed E-state index contributed by atoms with van der Waals surface area (Å²) in [5, 5.41) is 10.9. The number of carbonyl (C=O) groups is 1. The van der Waals surface area contributed by atoms with Crippen molar-refractivity contribution >= 4 is 11.5 Å². The molecule has 0 amide bonds. The fraction of sp³-hybridized carbons (Fsp3) is 0.500. The number of Topliss-reactive ketones (excluding diaryl/α,β-unsaturated/α-hetero) is 1. The maximum absolute atomic E-state index is 11.8. The molecule has 1 saturated carbocycles. The number of nitrogens with zero attached hydrogens (tertiary/aromatic N) is 1. The molecule has 1 fully saturated rings. The molecule has 0 saturated heterocycles. The lowest BCUT2D eigenvalue weighted by molar-refractivity contribution is -0.385. The van der Waals surface area contributed by atoms with Crippen LogP contribution in [0.25, 0.3) is 0 Å². The fourth-order valence-electron chi connectivity index (χ4n) is 2.63. The van der Waals surface area contributed by atoms with E-state index in [-0.39, 0.29) is 16.5 Å². The molecule has 1 unspecified atom stereocenters. The molecule has 1 atom stereocenters. The van der Waals surface area contributed by atoms with Gasteiger partial charge in [-0.15, -0.1) is 0 Å². The molecular formula is C14H17NO3. The summed E-state index contributed by atoms with van der Waals surface area (Å²) in [4.78, 5) is 22.3. The largest absolute Gasteiger partial charge is 0.299 e. The lowest BCUT2D eigenvalue weighted by Crippen LogP contribution is -2.21. The Hall–Kier alpha value is -1.71. The van der Waals surface area contributed by atoms with Crippen molar-refractivity contribution in [3.05, 3.63) is 39.4 Å². The molecule has 0 aliphatic heterocycles. The first-order valence-corrected chi connectivity index (χ1v) is 6.35. The number of hydrogen-bond donors (Lipinski definition) is 0. The second-order valence-corrected chi connectivity index (χ2v) is 4.93. The third kappa shape index (κ3) is 2.58. The van der Waals surface area contributed by atoms with Crippen LogP contribution in [0, 0.1) is 23.0 Å².